The zero-order chi connectivity index (χ0) is 52.2. The van der Waals surface area contributed by atoms with Crippen LogP contribution >= 0.6 is 0 Å². The van der Waals surface area contributed by atoms with E-state index in [9.17, 15) is 14.4 Å². The van der Waals surface area contributed by atoms with Gasteiger partial charge in [0.1, 0.15) is 13.2 Å². The maximum absolute atomic E-state index is 12.9. The molecule has 0 N–H and O–H groups in total. The van der Waals surface area contributed by atoms with Crippen LogP contribution in [0.1, 0.15) is 271 Å². The molecule has 0 aliphatic carbocycles. The fourth-order valence-electron chi connectivity index (χ4n) is 8.07. The summed E-state index contributed by atoms with van der Waals surface area (Å²) in [7, 11) is 0. The molecule has 6 nitrogen and oxygen atoms in total. The molecule has 0 saturated heterocycles. The highest BCUT2D eigenvalue weighted by atomic mass is 16.6. The molecule has 0 saturated carbocycles. The summed E-state index contributed by atoms with van der Waals surface area (Å²) >= 11 is 0. The van der Waals surface area contributed by atoms with Crippen LogP contribution in [-0.4, -0.2) is 37.2 Å². The molecule has 72 heavy (non-hydrogen) atoms. The third kappa shape index (κ3) is 57.0. The Kier molecular flexibility index (Phi) is 56.4. The average molecular weight is 1000 g/mol. The molecule has 0 aromatic heterocycles. The summed E-state index contributed by atoms with van der Waals surface area (Å²) in [4.78, 5) is 38.2. The highest BCUT2D eigenvalue weighted by Gasteiger charge is 2.19. The largest absolute Gasteiger partial charge is 0.462 e. The molecule has 0 radical (unpaired) electrons. The van der Waals surface area contributed by atoms with Crippen LogP contribution in [0.5, 0.6) is 0 Å². The van der Waals surface area contributed by atoms with Gasteiger partial charge in [-0.3, -0.25) is 14.4 Å². The predicted octanol–water partition coefficient (Wildman–Crippen LogP) is 20.3. The van der Waals surface area contributed by atoms with Crippen molar-refractivity contribution in [3.63, 3.8) is 0 Å². The highest BCUT2D eigenvalue weighted by molar-refractivity contribution is 5.71. The lowest BCUT2D eigenvalue weighted by atomic mass is 10.0. The van der Waals surface area contributed by atoms with Crippen molar-refractivity contribution in [2.75, 3.05) is 13.2 Å². The minimum Gasteiger partial charge on any atom is -0.462 e. The molecule has 0 aliphatic rings. The van der Waals surface area contributed by atoms with Crippen molar-refractivity contribution in [1.82, 2.24) is 0 Å². The van der Waals surface area contributed by atoms with Crippen LogP contribution in [0.3, 0.4) is 0 Å². The normalized spacial score (nSPS) is 12.9. The van der Waals surface area contributed by atoms with Gasteiger partial charge in [-0.2, -0.15) is 0 Å². The second-order valence-electron chi connectivity index (χ2n) is 19.5. The zero-order valence-corrected chi connectivity index (χ0v) is 46.9. The van der Waals surface area contributed by atoms with Gasteiger partial charge in [0.2, 0.25) is 0 Å². The minimum atomic E-state index is -0.830. The number of esters is 3. The molecule has 410 valence electrons. The first-order chi connectivity index (χ1) is 35.5. The molecule has 0 heterocycles. The van der Waals surface area contributed by atoms with E-state index in [1.807, 2.05) is 6.08 Å². The average Bonchev–Trinajstić information content (AvgIpc) is 3.38. The fraction of sp³-hybridized carbons (Fsp3) is 0.682. The second-order valence-corrected chi connectivity index (χ2v) is 19.5. The summed E-state index contributed by atoms with van der Waals surface area (Å²) < 4.78 is 16.8. The Balaban J connectivity index is 4.55. The monoisotopic (exact) mass is 999 g/mol. The minimum absolute atomic E-state index is 0.127. The zero-order valence-electron chi connectivity index (χ0n) is 46.9. The molecule has 1 unspecified atom stereocenters. The third-order valence-electron chi connectivity index (χ3n) is 12.5. The van der Waals surface area contributed by atoms with Crippen molar-refractivity contribution in [3.05, 3.63) is 109 Å². The Morgan fingerprint density at radius 3 is 0.972 bits per heavy atom. The number of ether oxygens (including phenoxy) is 3. The lowest BCUT2D eigenvalue weighted by molar-refractivity contribution is -0.166. The van der Waals surface area contributed by atoms with Gasteiger partial charge in [-0.15, -0.1) is 0 Å². The van der Waals surface area contributed by atoms with Crippen LogP contribution in [0.2, 0.25) is 0 Å². The van der Waals surface area contributed by atoms with Gasteiger partial charge >= 0.3 is 17.9 Å². The molecule has 0 amide bonds. The Morgan fingerprint density at radius 2 is 0.583 bits per heavy atom. The third-order valence-corrected chi connectivity index (χ3v) is 12.5. The topological polar surface area (TPSA) is 78.9 Å². The van der Waals surface area contributed by atoms with E-state index in [0.29, 0.717) is 19.3 Å². The SMILES string of the molecule is CC/C=C\C/C=C\C/C=C\C/C=C\C/C=C\C/C=C\CCC(=O)OCC(COC(=O)CCC/C=C\C/C=C\C/C=C\CCCCCCCC)OC(=O)CCCCCCCCCCCCCCCCCCCC. The number of hydrogen-bond donors (Lipinski definition) is 0. The van der Waals surface area contributed by atoms with E-state index < -0.39 is 6.10 Å². The number of carbonyl (C=O) groups is 3. The quantitative estimate of drug-likeness (QED) is 0.0261. The molecule has 0 bridgehead atoms. The van der Waals surface area contributed by atoms with Crippen molar-refractivity contribution in [3.8, 4) is 0 Å². The number of carbonyl (C=O) groups excluding carboxylic acids is 3. The fourth-order valence-corrected chi connectivity index (χ4v) is 8.07. The molecule has 6 heteroatoms. The molecular weight excluding hydrogens is 889 g/mol. The molecule has 1 atom stereocenters. The maximum atomic E-state index is 12.9. The van der Waals surface area contributed by atoms with Gasteiger partial charge in [0.15, 0.2) is 6.10 Å². The van der Waals surface area contributed by atoms with Crippen molar-refractivity contribution in [1.29, 1.82) is 0 Å². The van der Waals surface area contributed by atoms with Crippen LogP contribution in [-0.2, 0) is 28.6 Å². The molecular formula is C66H110O6. The van der Waals surface area contributed by atoms with Crippen LogP contribution in [0.15, 0.2) is 109 Å². The molecule has 0 fully saturated rings. The van der Waals surface area contributed by atoms with E-state index in [1.165, 1.54) is 141 Å². The van der Waals surface area contributed by atoms with E-state index in [1.54, 1.807) is 0 Å². The second kappa shape index (κ2) is 59.6. The van der Waals surface area contributed by atoms with Crippen molar-refractivity contribution in [2.45, 2.75) is 277 Å². The smallest absolute Gasteiger partial charge is 0.306 e. The summed E-state index contributed by atoms with van der Waals surface area (Å²) in [6, 6.07) is 0. The highest BCUT2D eigenvalue weighted by Crippen LogP contribution is 2.16. The van der Waals surface area contributed by atoms with E-state index in [2.05, 4.69) is 124 Å². The van der Waals surface area contributed by atoms with Crippen molar-refractivity contribution >= 4 is 17.9 Å². The summed E-state index contributed by atoms with van der Waals surface area (Å²) in [5, 5.41) is 0. The lowest BCUT2D eigenvalue weighted by Gasteiger charge is -2.18. The van der Waals surface area contributed by atoms with E-state index in [-0.39, 0.29) is 44.0 Å². The summed E-state index contributed by atoms with van der Waals surface area (Å²) in [6.07, 6.45) is 81.0. The van der Waals surface area contributed by atoms with Crippen LogP contribution < -0.4 is 0 Å². The molecule has 0 aromatic rings. The lowest BCUT2D eigenvalue weighted by Crippen LogP contribution is -2.30. The first-order valence-electron chi connectivity index (χ1n) is 29.9. The van der Waals surface area contributed by atoms with Gasteiger partial charge in [-0.25, -0.2) is 0 Å². The van der Waals surface area contributed by atoms with Gasteiger partial charge in [-0.1, -0.05) is 271 Å². The van der Waals surface area contributed by atoms with Crippen LogP contribution in [0.4, 0.5) is 0 Å². The van der Waals surface area contributed by atoms with Gasteiger partial charge < -0.3 is 14.2 Å². The van der Waals surface area contributed by atoms with Crippen molar-refractivity contribution in [2.24, 2.45) is 0 Å². The van der Waals surface area contributed by atoms with Gasteiger partial charge in [0, 0.05) is 19.3 Å². The number of unbranched alkanes of at least 4 members (excludes halogenated alkanes) is 24. The number of allylic oxidation sites excluding steroid dienone is 18. The van der Waals surface area contributed by atoms with E-state index in [4.69, 9.17) is 14.2 Å². The van der Waals surface area contributed by atoms with E-state index in [0.717, 1.165) is 77.0 Å². The standard InChI is InChI=1S/C66H110O6/c1-4-7-10-13-16-19-22-25-28-31-33-36-38-41-44-47-50-53-56-59-65(68)71-62-63(61-70-64(67)58-55-52-49-46-43-40-37-34-30-27-24-21-18-15-12-9-6-3)72-66(69)60-57-54-51-48-45-42-39-35-32-29-26-23-20-17-14-11-8-5-2/h7,10,16,19,25,27-28,30,33,36-37,40-41,44,46,49-50,53,63H,4-6,8-9,11-15,17-18,20-24,26,29,31-32,34-35,38-39,42-43,45,47-48,51-52,54-62H2,1-3H3/b10-7-,19-16-,28-25-,30-27-,36-33-,40-37-,44-41-,49-46-,53-50-. The predicted molar refractivity (Wildman–Crippen MR) is 311 cm³/mol. The van der Waals surface area contributed by atoms with E-state index >= 15 is 0 Å². The van der Waals surface area contributed by atoms with Crippen LogP contribution in [0, 0.1) is 0 Å². The van der Waals surface area contributed by atoms with Crippen LogP contribution in [0.25, 0.3) is 0 Å². The summed E-state index contributed by atoms with van der Waals surface area (Å²) in [6.45, 7) is 6.43. The van der Waals surface area contributed by atoms with Gasteiger partial charge in [0.25, 0.3) is 0 Å². The number of hydrogen-bond acceptors (Lipinski definition) is 6. The number of rotatable bonds is 53. The Hall–Kier alpha value is -3.93. The Labute approximate surface area is 444 Å². The molecule has 0 aromatic carbocycles. The first kappa shape index (κ1) is 68.1. The summed E-state index contributed by atoms with van der Waals surface area (Å²) in [5.41, 5.74) is 0. The van der Waals surface area contributed by atoms with Crippen molar-refractivity contribution < 1.29 is 28.6 Å². The first-order valence-corrected chi connectivity index (χ1v) is 29.9. The molecule has 0 spiro atoms. The Morgan fingerprint density at radius 1 is 0.292 bits per heavy atom. The van der Waals surface area contributed by atoms with Gasteiger partial charge in [0.05, 0.1) is 0 Å². The Bertz CT molecular complexity index is 1470. The molecule has 0 aliphatic heterocycles. The maximum Gasteiger partial charge on any atom is 0.306 e. The molecule has 0 rings (SSSR count). The van der Waals surface area contributed by atoms with Gasteiger partial charge in [-0.05, 0) is 89.9 Å². The summed E-state index contributed by atoms with van der Waals surface area (Å²) in [5.74, 6) is -1.05.